The van der Waals surface area contributed by atoms with Gasteiger partial charge in [0.25, 0.3) is 5.91 Å². The lowest BCUT2D eigenvalue weighted by Crippen LogP contribution is -2.26. The number of nitrogens with zero attached hydrogens (tertiary/aromatic N) is 3. The molecule has 4 nitrogen and oxygen atoms in total. The van der Waals surface area contributed by atoms with Gasteiger partial charge in [-0.15, -0.1) is 0 Å². The van der Waals surface area contributed by atoms with Gasteiger partial charge in [0, 0.05) is 30.9 Å². The molecule has 0 saturated carbocycles. The zero-order valence-corrected chi connectivity index (χ0v) is 14.2. The van der Waals surface area contributed by atoms with Crippen molar-refractivity contribution in [1.82, 2.24) is 14.7 Å². The van der Waals surface area contributed by atoms with Gasteiger partial charge in [0.05, 0.1) is 11.9 Å². The molecule has 0 radical (unpaired) electrons. The molecule has 122 valence electrons. The molecule has 0 unspecified atom stereocenters. The van der Waals surface area contributed by atoms with Crippen LogP contribution in [0.1, 0.15) is 27.0 Å². The highest BCUT2D eigenvalue weighted by Crippen LogP contribution is 2.16. The minimum Gasteiger partial charge on any atom is -0.337 e. The lowest BCUT2D eigenvalue weighted by molar-refractivity contribution is 0.0784. The predicted octanol–water partition coefficient (Wildman–Crippen LogP) is 3.76. The Balaban J connectivity index is 1.75. The van der Waals surface area contributed by atoms with Gasteiger partial charge in [-0.1, -0.05) is 30.3 Å². The van der Waals surface area contributed by atoms with Crippen LogP contribution in [0.2, 0.25) is 0 Å². The normalized spacial score (nSPS) is 10.6. The Labute approximate surface area is 142 Å². The summed E-state index contributed by atoms with van der Waals surface area (Å²) in [6.07, 6.45) is 3.77. The van der Waals surface area contributed by atoms with Gasteiger partial charge >= 0.3 is 0 Å². The summed E-state index contributed by atoms with van der Waals surface area (Å²) in [5, 5.41) is 4.38. The van der Waals surface area contributed by atoms with Crippen molar-refractivity contribution in [1.29, 1.82) is 0 Å². The summed E-state index contributed by atoms with van der Waals surface area (Å²) in [4.78, 5) is 14.4. The molecule has 0 fully saturated rings. The third-order valence-corrected chi connectivity index (χ3v) is 4.26. The van der Waals surface area contributed by atoms with Gasteiger partial charge in [-0.3, -0.25) is 4.79 Å². The van der Waals surface area contributed by atoms with Crippen LogP contribution in [0.5, 0.6) is 0 Å². The third kappa shape index (κ3) is 3.23. The lowest BCUT2D eigenvalue weighted by atomic mass is 10.0. The number of aromatic nitrogens is 2. The summed E-state index contributed by atoms with van der Waals surface area (Å²) < 4.78 is 1.82. The number of benzene rings is 2. The topological polar surface area (TPSA) is 38.1 Å². The second kappa shape index (κ2) is 6.71. The second-order valence-electron chi connectivity index (χ2n) is 6.04. The highest BCUT2D eigenvalue weighted by atomic mass is 16.2. The van der Waals surface area contributed by atoms with Gasteiger partial charge in [0.15, 0.2) is 0 Å². The number of rotatable bonds is 4. The van der Waals surface area contributed by atoms with E-state index >= 15 is 0 Å². The van der Waals surface area contributed by atoms with Crippen LogP contribution >= 0.6 is 0 Å². The first-order valence-corrected chi connectivity index (χ1v) is 7.97. The standard InChI is InChI=1S/C20H21N3O/c1-15-8-7-11-19(16(15)2)20(24)22(3)13-17-12-21-23(14-17)18-9-5-4-6-10-18/h4-12,14H,13H2,1-3H3. The average Bonchev–Trinajstić information content (AvgIpc) is 3.06. The molecular formula is C20H21N3O. The van der Waals surface area contributed by atoms with Crippen LogP contribution in [0.3, 0.4) is 0 Å². The number of para-hydroxylation sites is 1. The first-order chi connectivity index (χ1) is 11.6. The van der Waals surface area contributed by atoms with Crippen molar-refractivity contribution < 1.29 is 4.79 Å². The Hall–Kier alpha value is -2.88. The molecule has 0 N–H and O–H groups in total. The highest BCUT2D eigenvalue weighted by molar-refractivity contribution is 5.95. The summed E-state index contributed by atoms with van der Waals surface area (Å²) in [6.45, 7) is 4.54. The van der Waals surface area contributed by atoms with Crippen LogP contribution in [0, 0.1) is 13.8 Å². The van der Waals surface area contributed by atoms with Gasteiger partial charge in [-0.25, -0.2) is 4.68 Å². The molecule has 0 aliphatic carbocycles. The summed E-state index contributed by atoms with van der Waals surface area (Å²) >= 11 is 0. The van der Waals surface area contributed by atoms with E-state index in [1.54, 1.807) is 11.1 Å². The molecule has 0 aliphatic rings. The Morgan fingerprint density at radius 1 is 1.08 bits per heavy atom. The first-order valence-electron chi connectivity index (χ1n) is 7.97. The van der Waals surface area contributed by atoms with E-state index in [-0.39, 0.29) is 5.91 Å². The quantitative estimate of drug-likeness (QED) is 0.734. The molecule has 2 aromatic carbocycles. The molecule has 1 amide bonds. The van der Waals surface area contributed by atoms with Gasteiger partial charge in [0.2, 0.25) is 0 Å². The number of aryl methyl sites for hydroxylation is 1. The Morgan fingerprint density at radius 3 is 2.58 bits per heavy atom. The van der Waals surface area contributed by atoms with Crippen LogP contribution in [-0.2, 0) is 6.54 Å². The van der Waals surface area contributed by atoms with Gasteiger partial charge in [-0.05, 0) is 43.2 Å². The van der Waals surface area contributed by atoms with Crippen LogP contribution in [0.4, 0.5) is 0 Å². The molecular weight excluding hydrogens is 298 g/mol. The lowest BCUT2D eigenvalue weighted by Gasteiger charge is -2.18. The summed E-state index contributed by atoms with van der Waals surface area (Å²) in [7, 11) is 1.82. The molecule has 1 aromatic heterocycles. The predicted molar refractivity (Wildman–Crippen MR) is 95.3 cm³/mol. The minimum absolute atomic E-state index is 0.0312. The van der Waals surface area contributed by atoms with E-state index in [4.69, 9.17) is 0 Å². The maximum atomic E-state index is 12.7. The minimum atomic E-state index is 0.0312. The van der Waals surface area contributed by atoms with Crippen molar-refractivity contribution in [3.63, 3.8) is 0 Å². The van der Waals surface area contributed by atoms with E-state index in [1.165, 1.54) is 0 Å². The summed E-state index contributed by atoms with van der Waals surface area (Å²) in [5.41, 5.74) is 4.93. The highest BCUT2D eigenvalue weighted by Gasteiger charge is 2.15. The first kappa shape index (κ1) is 16.0. The zero-order valence-electron chi connectivity index (χ0n) is 14.2. The van der Waals surface area contributed by atoms with E-state index in [0.717, 1.165) is 27.9 Å². The molecule has 3 aromatic rings. The van der Waals surface area contributed by atoms with E-state index < -0.39 is 0 Å². The Bertz CT molecular complexity index is 852. The van der Waals surface area contributed by atoms with Gasteiger partial charge in [0.1, 0.15) is 0 Å². The molecule has 0 saturated heterocycles. The van der Waals surface area contributed by atoms with Crippen LogP contribution in [0.15, 0.2) is 60.9 Å². The largest absolute Gasteiger partial charge is 0.337 e. The molecule has 0 spiro atoms. The monoisotopic (exact) mass is 319 g/mol. The Morgan fingerprint density at radius 2 is 1.83 bits per heavy atom. The van der Waals surface area contributed by atoms with Gasteiger partial charge < -0.3 is 4.90 Å². The van der Waals surface area contributed by atoms with Crippen molar-refractivity contribution in [2.45, 2.75) is 20.4 Å². The van der Waals surface area contributed by atoms with E-state index in [0.29, 0.717) is 6.54 Å². The Kier molecular flexibility index (Phi) is 4.47. The van der Waals surface area contributed by atoms with Crippen molar-refractivity contribution in [2.75, 3.05) is 7.05 Å². The number of hydrogen-bond donors (Lipinski definition) is 0. The number of carbonyl (C=O) groups is 1. The molecule has 0 bridgehead atoms. The smallest absolute Gasteiger partial charge is 0.254 e. The number of amides is 1. The number of hydrogen-bond acceptors (Lipinski definition) is 2. The zero-order chi connectivity index (χ0) is 17.1. The second-order valence-corrected chi connectivity index (χ2v) is 6.04. The van der Waals surface area contributed by atoms with Crippen LogP contribution in [-0.4, -0.2) is 27.6 Å². The summed E-state index contributed by atoms with van der Waals surface area (Å²) in [5.74, 6) is 0.0312. The molecule has 0 atom stereocenters. The maximum Gasteiger partial charge on any atom is 0.254 e. The van der Waals surface area contributed by atoms with Gasteiger partial charge in [-0.2, -0.15) is 5.10 Å². The SMILES string of the molecule is Cc1cccc(C(=O)N(C)Cc2cnn(-c3ccccc3)c2)c1C. The van der Waals surface area contributed by atoms with Crippen molar-refractivity contribution in [3.8, 4) is 5.69 Å². The van der Waals surface area contributed by atoms with Crippen LogP contribution < -0.4 is 0 Å². The van der Waals surface area contributed by atoms with E-state index in [9.17, 15) is 4.79 Å². The molecule has 4 heteroatoms. The van der Waals surface area contributed by atoms with E-state index in [1.807, 2.05) is 80.3 Å². The number of carbonyl (C=O) groups excluding carboxylic acids is 1. The van der Waals surface area contributed by atoms with Crippen molar-refractivity contribution in [3.05, 3.63) is 83.2 Å². The average molecular weight is 319 g/mol. The summed E-state index contributed by atoms with van der Waals surface area (Å²) in [6, 6.07) is 15.8. The fourth-order valence-electron chi connectivity index (χ4n) is 2.70. The molecule has 0 aliphatic heterocycles. The van der Waals surface area contributed by atoms with E-state index in [2.05, 4.69) is 5.10 Å². The molecule has 3 rings (SSSR count). The van der Waals surface area contributed by atoms with Crippen molar-refractivity contribution >= 4 is 5.91 Å². The fraction of sp³-hybridized carbons (Fsp3) is 0.200. The maximum absolute atomic E-state index is 12.7. The third-order valence-electron chi connectivity index (χ3n) is 4.26. The van der Waals surface area contributed by atoms with Crippen molar-refractivity contribution in [2.24, 2.45) is 0 Å². The van der Waals surface area contributed by atoms with Crippen LogP contribution in [0.25, 0.3) is 5.69 Å². The molecule has 24 heavy (non-hydrogen) atoms. The molecule has 1 heterocycles. The fourth-order valence-corrected chi connectivity index (χ4v) is 2.70.